The second kappa shape index (κ2) is 7.36. The Morgan fingerprint density at radius 1 is 1.11 bits per heavy atom. The fraction of sp³-hybridized carbons (Fsp3) is 0.150. The summed E-state index contributed by atoms with van der Waals surface area (Å²) in [6, 6.07) is 10.7. The number of anilines is 3. The Bertz CT molecular complexity index is 1050. The van der Waals surface area contributed by atoms with Gasteiger partial charge in [-0.15, -0.1) is 0 Å². The number of hydrogen-bond donors (Lipinski definition) is 2. The van der Waals surface area contributed by atoms with Gasteiger partial charge in [0, 0.05) is 18.0 Å². The van der Waals surface area contributed by atoms with Crippen LogP contribution in [-0.2, 0) is 0 Å². The van der Waals surface area contributed by atoms with E-state index in [1.54, 1.807) is 18.2 Å². The van der Waals surface area contributed by atoms with Gasteiger partial charge in [0.25, 0.3) is 5.91 Å². The standard InChI is InChI=1S/C20H17ClN4O3/c1-11-7-12(2)18(14(21)8-11)25-19(26)15-5-6-22-20(24-15)23-13-3-4-16-17(9-13)28-10-27-16/h3-9H,10H2,1-2H3,(H,25,26)(H,22,23,24). The van der Waals surface area contributed by atoms with Crippen LogP contribution < -0.4 is 20.1 Å². The molecule has 0 radical (unpaired) electrons. The Kier molecular flexibility index (Phi) is 4.75. The van der Waals surface area contributed by atoms with Gasteiger partial charge in [0.2, 0.25) is 12.7 Å². The van der Waals surface area contributed by atoms with Gasteiger partial charge in [-0.3, -0.25) is 4.79 Å². The molecular formula is C20H17ClN4O3. The molecule has 2 heterocycles. The van der Waals surface area contributed by atoms with E-state index in [1.165, 1.54) is 12.3 Å². The number of halogens is 1. The first-order valence-corrected chi connectivity index (χ1v) is 8.95. The number of nitrogens with one attached hydrogen (secondary N) is 2. The van der Waals surface area contributed by atoms with Crippen LogP contribution in [0.25, 0.3) is 0 Å². The molecule has 0 saturated heterocycles. The van der Waals surface area contributed by atoms with Crippen molar-refractivity contribution >= 4 is 34.8 Å². The molecule has 0 atom stereocenters. The molecule has 1 aromatic heterocycles. The number of hydrogen-bond acceptors (Lipinski definition) is 6. The predicted octanol–water partition coefficient (Wildman–Crippen LogP) is 4.47. The summed E-state index contributed by atoms with van der Waals surface area (Å²) >= 11 is 6.27. The number of fused-ring (bicyclic) bond motifs is 1. The minimum Gasteiger partial charge on any atom is -0.454 e. The molecule has 1 aliphatic heterocycles. The third-order valence-corrected chi connectivity index (χ3v) is 4.49. The summed E-state index contributed by atoms with van der Waals surface area (Å²) in [5.41, 5.74) is 3.42. The van der Waals surface area contributed by atoms with Crippen LogP contribution in [0.5, 0.6) is 11.5 Å². The zero-order valence-electron chi connectivity index (χ0n) is 15.2. The van der Waals surface area contributed by atoms with Gasteiger partial charge in [0.05, 0.1) is 10.7 Å². The highest BCUT2D eigenvalue weighted by atomic mass is 35.5. The van der Waals surface area contributed by atoms with Crippen molar-refractivity contribution < 1.29 is 14.3 Å². The van der Waals surface area contributed by atoms with Crippen LogP contribution in [0.3, 0.4) is 0 Å². The van der Waals surface area contributed by atoms with Crippen LogP contribution in [0.15, 0.2) is 42.6 Å². The van der Waals surface area contributed by atoms with Crippen LogP contribution in [0, 0.1) is 13.8 Å². The maximum Gasteiger partial charge on any atom is 0.274 e. The van der Waals surface area contributed by atoms with Crippen LogP contribution in [0.4, 0.5) is 17.3 Å². The second-order valence-electron chi connectivity index (χ2n) is 6.35. The normalized spacial score (nSPS) is 12.0. The number of aryl methyl sites for hydroxylation is 2. The van der Waals surface area contributed by atoms with Crippen LogP contribution in [0.1, 0.15) is 21.6 Å². The Labute approximate surface area is 166 Å². The number of ether oxygens (including phenoxy) is 2. The first-order chi connectivity index (χ1) is 13.5. The van der Waals surface area contributed by atoms with Gasteiger partial charge < -0.3 is 20.1 Å². The van der Waals surface area contributed by atoms with E-state index in [-0.39, 0.29) is 18.4 Å². The van der Waals surface area contributed by atoms with Crippen LogP contribution in [0.2, 0.25) is 5.02 Å². The average molecular weight is 397 g/mol. The third-order valence-electron chi connectivity index (χ3n) is 4.19. The first kappa shape index (κ1) is 18.1. The summed E-state index contributed by atoms with van der Waals surface area (Å²) in [4.78, 5) is 21.1. The summed E-state index contributed by atoms with van der Waals surface area (Å²) in [5, 5.41) is 6.37. The van der Waals surface area contributed by atoms with Gasteiger partial charge >= 0.3 is 0 Å². The van der Waals surface area contributed by atoms with Gasteiger partial charge in [-0.05, 0) is 49.2 Å². The summed E-state index contributed by atoms with van der Waals surface area (Å²) in [6.07, 6.45) is 1.51. The van der Waals surface area contributed by atoms with Crippen LogP contribution in [-0.4, -0.2) is 22.7 Å². The third kappa shape index (κ3) is 3.70. The van der Waals surface area contributed by atoms with Crippen molar-refractivity contribution in [2.75, 3.05) is 17.4 Å². The molecule has 0 saturated carbocycles. The maximum atomic E-state index is 12.6. The van der Waals surface area contributed by atoms with E-state index >= 15 is 0 Å². The molecule has 0 spiro atoms. The highest BCUT2D eigenvalue weighted by Gasteiger charge is 2.15. The van der Waals surface area contributed by atoms with E-state index in [2.05, 4.69) is 20.6 Å². The van der Waals surface area contributed by atoms with Gasteiger partial charge in [0.15, 0.2) is 11.5 Å². The molecule has 4 rings (SSSR count). The largest absolute Gasteiger partial charge is 0.454 e. The molecule has 2 aromatic carbocycles. The van der Waals surface area contributed by atoms with E-state index in [1.807, 2.05) is 26.0 Å². The van der Waals surface area contributed by atoms with E-state index in [9.17, 15) is 4.79 Å². The first-order valence-electron chi connectivity index (χ1n) is 8.57. The smallest absolute Gasteiger partial charge is 0.274 e. The molecule has 2 N–H and O–H groups in total. The monoisotopic (exact) mass is 396 g/mol. The van der Waals surface area contributed by atoms with E-state index in [0.29, 0.717) is 28.2 Å². The van der Waals surface area contributed by atoms with Crippen molar-refractivity contribution in [1.82, 2.24) is 9.97 Å². The summed E-state index contributed by atoms with van der Waals surface area (Å²) in [7, 11) is 0. The molecule has 0 bridgehead atoms. The summed E-state index contributed by atoms with van der Waals surface area (Å²) in [6.45, 7) is 4.04. The molecule has 3 aromatic rings. The lowest BCUT2D eigenvalue weighted by molar-refractivity contribution is 0.102. The molecule has 0 unspecified atom stereocenters. The Morgan fingerprint density at radius 3 is 2.75 bits per heavy atom. The molecule has 1 aliphatic rings. The molecule has 7 nitrogen and oxygen atoms in total. The zero-order chi connectivity index (χ0) is 19.7. The minimum absolute atomic E-state index is 0.200. The van der Waals surface area contributed by atoms with Crippen molar-refractivity contribution in [2.45, 2.75) is 13.8 Å². The molecule has 1 amide bonds. The molecule has 142 valence electrons. The molecule has 0 fully saturated rings. The van der Waals surface area contributed by atoms with Crippen molar-refractivity contribution in [3.8, 4) is 11.5 Å². The van der Waals surface area contributed by atoms with E-state index < -0.39 is 0 Å². The second-order valence-corrected chi connectivity index (χ2v) is 6.76. The van der Waals surface area contributed by atoms with E-state index in [0.717, 1.165) is 16.8 Å². The number of carbonyl (C=O) groups excluding carboxylic acids is 1. The number of benzene rings is 2. The van der Waals surface area contributed by atoms with Crippen molar-refractivity contribution in [3.05, 3.63) is 64.4 Å². The van der Waals surface area contributed by atoms with Gasteiger partial charge in [-0.1, -0.05) is 17.7 Å². The number of carbonyl (C=O) groups is 1. The lowest BCUT2D eigenvalue weighted by Crippen LogP contribution is -2.16. The highest BCUT2D eigenvalue weighted by molar-refractivity contribution is 6.34. The van der Waals surface area contributed by atoms with Gasteiger partial charge in [-0.25, -0.2) is 9.97 Å². The lowest BCUT2D eigenvalue weighted by Gasteiger charge is -2.12. The fourth-order valence-electron chi connectivity index (χ4n) is 2.90. The lowest BCUT2D eigenvalue weighted by atomic mass is 10.1. The summed E-state index contributed by atoms with van der Waals surface area (Å²) < 4.78 is 10.6. The van der Waals surface area contributed by atoms with Gasteiger partial charge in [-0.2, -0.15) is 0 Å². The zero-order valence-corrected chi connectivity index (χ0v) is 16.0. The van der Waals surface area contributed by atoms with Gasteiger partial charge in [0.1, 0.15) is 5.69 Å². The number of aromatic nitrogens is 2. The number of rotatable bonds is 4. The SMILES string of the molecule is Cc1cc(C)c(NC(=O)c2ccnc(Nc3ccc4c(c3)OCO4)n2)c(Cl)c1. The quantitative estimate of drug-likeness (QED) is 0.676. The number of amides is 1. The van der Waals surface area contributed by atoms with Crippen molar-refractivity contribution in [3.63, 3.8) is 0 Å². The van der Waals surface area contributed by atoms with E-state index in [4.69, 9.17) is 21.1 Å². The Balaban J connectivity index is 1.53. The Morgan fingerprint density at radius 2 is 1.93 bits per heavy atom. The molecule has 8 heteroatoms. The van der Waals surface area contributed by atoms with Crippen LogP contribution >= 0.6 is 11.6 Å². The average Bonchev–Trinajstić information content (AvgIpc) is 3.12. The Hall–Kier alpha value is -3.32. The number of nitrogens with zero attached hydrogens (tertiary/aromatic N) is 2. The topological polar surface area (TPSA) is 85.4 Å². The molecule has 0 aliphatic carbocycles. The minimum atomic E-state index is -0.370. The van der Waals surface area contributed by atoms with Crippen molar-refractivity contribution in [2.24, 2.45) is 0 Å². The fourth-order valence-corrected chi connectivity index (χ4v) is 3.27. The highest BCUT2D eigenvalue weighted by Crippen LogP contribution is 2.34. The van der Waals surface area contributed by atoms with Crippen molar-refractivity contribution in [1.29, 1.82) is 0 Å². The maximum absolute atomic E-state index is 12.6. The predicted molar refractivity (Wildman–Crippen MR) is 107 cm³/mol. The molecule has 28 heavy (non-hydrogen) atoms. The summed E-state index contributed by atoms with van der Waals surface area (Å²) in [5.74, 6) is 1.25. The molecular weight excluding hydrogens is 380 g/mol.